The van der Waals surface area contributed by atoms with Crippen LogP contribution in [0.25, 0.3) is 0 Å². The molecule has 2 aromatic rings. The van der Waals surface area contributed by atoms with Gasteiger partial charge in [0.05, 0.1) is 6.54 Å². The third-order valence-corrected chi connectivity index (χ3v) is 4.42. The van der Waals surface area contributed by atoms with E-state index in [1.807, 2.05) is 30.3 Å². The number of nitriles is 1. The Morgan fingerprint density at radius 3 is 2.50 bits per heavy atom. The summed E-state index contributed by atoms with van der Waals surface area (Å²) in [5, 5.41) is 15.5. The second-order valence-corrected chi connectivity index (χ2v) is 6.29. The van der Waals surface area contributed by atoms with Crippen LogP contribution in [0.2, 0.25) is 0 Å². The minimum absolute atomic E-state index is 0.153. The van der Waals surface area contributed by atoms with Crippen LogP contribution in [0.4, 0.5) is 10.1 Å². The van der Waals surface area contributed by atoms with Crippen LogP contribution in [0.3, 0.4) is 0 Å². The largest absolute Gasteiger partial charge is 0.373 e. The van der Waals surface area contributed by atoms with Crippen LogP contribution in [-0.2, 0) is 11.2 Å². The van der Waals surface area contributed by atoms with Gasteiger partial charge in [0.25, 0.3) is 5.91 Å². The lowest BCUT2D eigenvalue weighted by atomic mass is 10.0. The van der Waals surface area contributed by atoms with E-state index >= 15 is 0 Å². The molecule has 1 aliphatic heterocycles. The smallest absolute Gasteiger partial charge is 0.264 e. The average molecular weight is 352 g/mol. The van der Waals surface area contributed by atoms with Gasteiger partial charge in [0, 0.05) is 18.7 Å². The minimum Gasteiger partial charge on any atom is -0.373 e. The molecule has 1 N–H and O–H groups in total. The summed E-state index contributed by atoms with van der Waals surface area (Å²) in [6.07, 6.45) is 4.33. The average Bonchev–Trinajstić information content (AvgIpc) is 2.69. The molecule has 0 bridgehead atoms. The predicted octanol–water partition coefficient (Wildman–Crippen LogP) is 3.17. The molecule has 5 nitrogen and oxygen atoms in total. The Morgan fingerprint density at radius 1 is 1.12 bits per heavy atom. The number of rotatable bonds is 5. The van der Waals surface area contributed by atoms with Crippen molar-refractivity contribution in [1.29, 1.82) is 5.26 Å². The molecule has 0 saturated carbocycles. The zero-order valence-corrected chi connectivity index (χ0v) is 14.4. The van der Waals surface area contributed by atoms with Crippen molar-refractivity contribution in [2.45, 2.75) is 25.3 Å². The molecule has 0 spiro atoms. The van der Waals surface area contributed by atoms with Crippen LogP contribution in [-0.4, -0.2) is 35.1 Å². The van der Waals surface area contributed by atoms with E-state index in [1.54, 1.807) is 12.1 Å². The van der Waals surface area contributed by atoms with Gasteiger partial charge in [-0.2, -0.15) is 5.26 Å². The first-order valence-electron chi connectivity index (χ1n) is 8.72. The van der Waals surface area contributed by atoms with Crippen molar-refractivity contribution in [1.82, 2.24) is 10.0 Å². The third-order valence-electron chi connectivity index (χ3n) is 4.42. The highest BCUT2D eigenvalue weighted by Gasteiger charge is 2.30. The molecule has 1 unspecified atom stereocenters. The number of halogens is 1. The van der Waals surface area contributed by atoms with Crippen LogP contribution in [0.15, 0.2) is 54.6 Å². The van der Waals surface area contributed by atoms with Crippen LogP contribution in [0.1, 0.15) is 18.4 Å². The Balaban J connectivity index is 1.82. The molecular formula is C20H21FN4O. The first-order valence-corrected chi connectivity index (χ1v) is 8.72. The van der Waals surface area contributed by atoms with E-state index in [0.717, 1.165) is 18.4 Å². The minimum atomic E-state index is -0.545. The summed E-state index contributed by atoms with van der Waals surface area (Å²) in [5.41, 5.74) is 1.68. The van der Waals surface area contributed by atoms with Gasteiger partial charge in [0.2, 0.25) is 0 Å². The summed E-state index contributed by atoms with van der Waals surface area (Å²) in [6, 6.07) is 15.1. The molecule has 0 aromatic heterocycles. The SMILES string of the molecule is N#CN1CCCCN1C(=O)C(Cc1ccccc1)Nc1ccc(F)cc1. The number of hydrazine groups is 1. The maximum atomic E-state index is 13.2. The number of carbonyl (C=O) groups excluding carboxylic acids is 1. The fraction of sp³-hybridized carbons (Fsp3) is 0.300. The number of amides is 1. The molecule has 1 heterocycles. The highest BCUT2D eigenvalue weighted by Crippen LogP contribution is 2.17. The van der Waals surface area contributed by atoms with Gasteiger partial charge < -0.3 is 5.32 Å². The summed E-state index contributed by atoms with van der Waals surface area (Å²) in [6.45, 7) is 1.08. The van der Waals surface area contributed by atoms with Crippen LogP contribution in [0.5, 0.6) is 0 Å². The van der Waals surface area contributed by atoms with Gasteiger partial charge >= 0.3 is 0 Å². The van der Waals surface area contributed by atoms with Gasteiger partial charge in [0.1, 0.15) is 11.9 Å². The highest BCUT2D eigenvalue weighted by atomic mass is 19.1. The molecule has 1 fully saturated rings. The van der Waals surface area contributed by atoms with E-state index in [1.165, 1.54) is 22.2 Å². The van der Waals surface area contributed by atoms with E-state index < -0.39 is 6.04 Å². The quantitative estimate of drug-likeness (QED) is 0.840. The molecule has 1 amide bonds. The number of benzene rings is 2. The number of nitrogens with one attached hydrogen (secondary N) is 1. The van der Waals surface area contributed by atoms with Gasteiger partial charge in [-0.25, -0.2) is 14.4 Å². The monoisotopic (exact) mass is 352 g/mol. The lowest BCUT2D eigenvalue weighted by molar-refractivity contribution is -0.147. The van der Waals surface area contributed by atoms with Gasteiger partial charge in [0.15, 0.2) is 6.19 Å². The van der Waals surface area contributed by atoms with Crippen LogP contribution < -0.4 is 5.32 Å². The first-order chi connectivity index (χ1) is 12.7. The van der Waals surface area contributed by atoms with Crippen molar-refractivity contribution in [3.05, 3.63) is 66.0 Å². The molecule has 0 aliphatic carbocycles. The zero-order chi connectivity index (χ0) is 18.4. The first kappa shape index (κ1) is 17.7. The summed E-state index contributed by atoms with van der Waals surface area (Å²) in [5.74, 6) is -0.479. The Kier molecular flexibility index (Phi) is 5.69. The van der Waals surface area contributed by atoms with Crippen molar-refractivity contribution in [3.8, 4) is 6.19 Å². The van der Waals surface area contributed by atoms with Gasteiger partial charge in [-0.15, -0.1) is 0 Å². The van der Waals surface area contributed by atoms with Crippen LogP contribution in [0, 0.1) is 17.3 Å². The van der Waals surface area contributed by atoms with Crippen molar-refractivity contribution in [3.63, 3.8) is 0 Å². The summed E-state index contributed by atoms with van der Waals surface area (Å²) in [7, 11) is 0. The van der Waals surface area contributed by atoms with E-state index in [0.29, 0.717) is 25.2 Å². The maximum absolute atomic E-state index is 13.2. The number of hydrogen-bond acceptors (Lipinski definition) is 4. The lowest BCUT2D eigenvalue weighted by Gasteiger charge is -2.37. The molecule has 1 atom stereocenters. The van der Waals surface area contributed by atoms with Crippen molar-refractivity contribution >= 4 is 11.6 Å². The molecular weight excluding hydrogens is 331 g/mol. The molecule has 1 aliphatic rings. The predicted molar refractivity (Wildman–Crippen MR) is 97.2 cm³/mol. The van der Waals surface area contributed by atoms with Gasteiger partial charge in [-0.3, -0.25) is 4.79 Å². The Labute approximate surface area is 152 Å². The number of hydrogen-bond donors (Lipinski definition) is 1. The summed E-state index contributed by atoms with van der Waals surface area (Å²) < 4.78 is 13.2. The number of nitrogens with zero attached hydrogens (tertiary/aromatic N) is 3. The van der Waals surface area contributed by atoms with E-state index in [9.17, 15) is 14.4 Å². The van der Waals surface area contributed by atoms with E-state index in [-0.39, 0.29) is 11.7 Å². The highest BCUT2D eigenvalue weighted by molar-refractivity contribution is 5.85. The molecule has 0 radical (unpaired) electrons. The Hall–Kier alpha value is -3.07. The molecule has 26 heavy (non-hydrogen) atoms. The second-order valence-electron chi connectivity index (χ2n) is 6.29. The molecule has 6 heteroatoms. The van der Waals surface area contributed by atoms with Gasteiger partial charge in [-0.1, -0.05) is 30.3 Å². The van der Waals surface area contributed by atoms with Crippen molar-refractivity contribution < 1.29 is 9.18 Å². The number of carbonyl (C=O) groups is 1. The number of anilines is 1. The molecule has 3 rings (SSSR count). The van der Waals surface area contributed by atoms with Crippen LogP contribution >= 0.6 is 0 Å². The third kappa shape index (κ3) is 4.31. The molecule has 1 saturated heterocycles. The Bertz CT molecular complexity index is 773. The summed E-state index contributed by atoms with van der Waals surface area (Å²) >= 11 is 0. The standard InChI is InChI=1S/C20H21FN4O/c21-17-8-10-18(11-9-17)23-19(14-16-6-2-1-3-7-16)20(26)25-13-5-4-12-24(25)15-22/h1-3,6-11,19,23H,4-5,12-14H2. The fourth-order valence-electron chi connectivity index (χ4n) is 3.07. The molecule has 134 valence electrons. The topological polar surface area (TPSA) is 59.4 Å². The zero-order valence-electron chi connectivity index (χ0n) is 14.4. The van der Waals surface area contributed by atoms with Gasteiger partial charge in [-0.05, 0) is 42.7 Å². The van der Waals surface area contributed by atoms with Crippen molar-refractivity contribution in [2.24, 2.45) is 0 Å². The second kappa shape index (κ2) is 8.34. The normalized spacial score (nSPS) is 15.2. The lowest BCUT2D eigenvalue weighted by Crippen LogP contribution is -2.53. The van der Waals surface area contributed by atoms with E-state index in [4.69, 9.17) is 0 Å². The summed E-state index contributed by atoms with van der Waals surface area (Å²) in [4.78, 5) is 13.1. The molecule has 2 aromatic carbocycles. The Morgan fingerprint density at radius 2 is 1.81 bits per heavy atom. The maximum Gasteiger partial charge on any atom is 0.264 e. The fourth-order valence-corrected chi connectivity index (χ4v) is 3.07. The van der Waals surface area contributed by atoms with E-state index in [2.05, 4.69) is 11.5 Å². The van der Waals surface area contributed by atoms with Crippen molar-refractivity contribution in [2.75, 3.05) is 18.4 Å².